The number of non-ortho nitro benzene ring substituents is 1. The van der Waals surface area contributed by atoms with Gasteiger partial charge in [-0.2, -0.15) is 5.10 Å². The van der Waals surface area contributed by atoms with E-state index in [0.29, 0.717) is 16.1 Å². The topological polar surface area (TPSA) is 116 Å². The fourth-order valence-corrected chi connectivity index (χ4v) is 3.90. The van der Waals surface area contributed by atoms with Crippen LogP contribution in [0.15, 0.2) is 66.1 Å². The van der Waals surface area contributed by atoms with E-state index >= 15 is 0 Å². The highest BCUT2D eigenvalue weighted by molar-refractivity contribution is 8.00. The number of thioether (sulfide) groups is 1. The number of benzene rings is 2. The number of rotatable bonds is 6. The van der Waals surface area contributed by atoms with Crippen LogP contribution < -0.4 is 5.32 Å². The standard InChI is InChI=1S/C20H15ClN6O3S/c1-12(19(28)25-17-9-14(27(29)30)7-8-16(17)21)31-20-15-10-24-26(18(15)22-11-23-20)13-5-3-2-4-6-13/h2-12H,1H3,(H,25,28). The van der Waals surface area contributed by atoms with E-state index in [4.69, 9.17) is 11.6 Å². The number of carbonyl (C=O) groups excluding carboxylic acids is 1. The Bertz CT molecular complexity index is 1280. The summed E-state index contributed by atoms with van der Waals surface area (Å²) in [6, 6.07) is 13.4. The smallest absolute Gasteiger partial charge is 0.271 e. The summed E-state index contributed by atoms with van der Waals surface area (Å²) in [5.74, 6) is -0.366. The Kier molecular flexibility index (Phi) is 5.83. The number of para-hydroxylation sites is 1. The van der Waals surface area contributed by atoms with E-state index < -0.39 is 10.2 Å². The highest BCUT2D eigenvalue weighted by Gasteiger charge is 2.20. The molecule has 2 aromatic carbocycles. The number of carbonyl (C=O) groups is 1. The van der Waals surface area contributed by atoms with E-state index in [1.54, 1.807) is 17.8 Å². The van der Waals surface area contributed by atoms with Crippen LogP contribution in [0.2, 0.25) is 5.02 Å². The number of halogens is 1. The fourth-order valence-electron chi connectivity index (χ4n) is 2.85. The van der Waals surface area contributed by atoms with Gasteiger partial charge in [0, 0.05) is 12.1 Å². The molecule has 1 atom stereocenters. The molecule has 0 fully saturated rings. The zero-order valence-corrected chi connectivity index (χ0v) is 17.7. The Morgan fingerprint density at radius 3 is 2.74 bits per heavy atom. The van der Waals surface area contributed by atoms with Crippen LogP contribution in [0.4, 0.5) is 11.4 Å². The number of aromatic nitrogens is 4. The normalized spacial score (nSPS) is 11.9. The lowest BCUT2D eigenvalue weighted by Gasteiger charge is -2.13. The van der Waals surface area contributed by atoms with E-state index in [0.717, 1.165) is 5.69 Å². The van der Waals surface area contributed by atoms with Crippen LogP contribution in [0.25, 0.3) is 16.7 Å². The molecule has 0 aliphatic rings. The van der Waals surface area contributed by atoms with Crippen LogP contribution in [-0.2, 0) is 4.79 Å². The van der Waals surface area contributed by atoms with Crippen molar-refractivity contribution in [1.82, 2.24) is 19.7 Å². The number of anilines is 1. The van der Waals surface area contributed by atoms with Crippen LogP contribution >= 0.6 is 23.4 Å². The summed E-state index contributed by atoms with van der Waals surface area (Å²) in [5, 5.41) is 19.0. The molecule has 4 aromatic rings. The summed E-state index contributed by atoms with van der Waals surface area (Å²) in [4.78, 5) is 31.7. The number of nitro groups is 1. The average molecular weight is 455 g/mol. The van der Waals surface area contributed by atoms with Gasteiger partial charge < -0.3 is 5.32 Å². The quantitative estimate of drug-likeness (QED) is 0.197. The third-order valence-electron chi connectivity index (χ3n) is 4.41. The van der Waals surface area contributed by atoms with Crippen LogP contribution in [0.5, 0.6) is 0 Å². The number of fused-ring (bicyclic) bond motifs is 1. The minimum absolute atomic E-state index is 0.161. The zero-order valence-electron chi connectivity index (χ0n) is 16.1. The summed E-state index contributed by atoms with van der Waals surface area (Å²) in [5.41, 5.74) is 1.50. The molecule has 2 aromatic heterocycles. The Morgan fingerprint density at radius 2 is 2.00 bits per heavy atom. The Balaban J connectivity index is 1.56. The molecule has 1 unspecified atom stereocenters. The first-order valence-electron chi connectivity index (χ1n) is 9.09. The van der Waals surface area contributed by atoms with Gasteiger partial charge >= 0.3 is 0 Å². The number of nitrogens with zero attached hydrogens (tertiary/aromatic N) is 5. The van der Waals surface area contributed by atoms with Gasteiger partial charge in [0.25, 0.3) is 5.69 Å². The maximum absolute atomic E-state index is 12.7. The van der Waals surface area contributed by atoms with E-state index in [1.807, 2.05) is 30.3 Å². The second-order valence-corrected chi connectivity index (χ2v) is 8.22. The molecule has 4 rings (SSSR count). The van der Waals surface area contributed by atoms with Crippen molar-refractivity contribution in [3.05, 3.63) is 76.2 Å². The minimum Gasteiger partial charge on any atom is -0.324 e. The predicted octanol–water partition coefficient (Wildman–Crippen LogP) is 4.50. The molecular weight excluding hydrogens is 440 g/mol. The lowest BCUT2D eigenvalue weighted by atomic mass is 10.2. The predicted molar refractivity (Wildman–Crippen MR) is 119 cm³/mol. The van der Waals surface area contributed by atoms with Crippen molar-refractivity contribution in [1.29, 1.82) is 0 Å². The van der Waals surface area contributed by atoms with Gasteiger partial charge in [0.05, 0.1) is 38.2 Å². The van der Waals surface area contributed by atoms with Gasteiger partial charge in [0.2, 0.25) is 5.91 Å². The largest absolute Gasteiger partial charge is 0.324 e. The number of hydrogen-bond acceptors (Lipinski definition) is 7. The molecule has 0 aliphatic carbocycles. The molecule has 11 heteroatoms. The van der Waals surface area contributed by atoms with Gasteiger partial charge in [0.15, 0.2) is 5.65 Å². The number of amides is 1. The second kappa shape index (κ2) is 8.70. The highest BCUT2D eigenvalue weighted by Crippen LogP contribution is 2.31. The molecule has 0 aliphatic heterocycles. The van der Waals surface area contributed by atoms with Crippen molar-refractivity contribution in [2.45, 2.75) is 17.2 Å². The summed E-state index contributed by atoms with van der Waals surface area (Å²) < 4.78 is 1.70. The fraction of sp³-hybridized carbons (Fsp3) is 0.100. The van der Waals surface area contributed by atoms with Crippen molar-refractivity contribution in [3.63, 3.8) is 0 Å². The molecule has 1 amide bonds. The summed E-state index contributed by atoms with van der Waals surface area (Å²) >= 11 is 7.31. The van der Waals surface area contributed by atoms with Crippen LogP contribution in [0.1, 0.15) is 6.92 Å². The lowest BCUT2D eigenvalue weighted by Crippen LogP contribution is -2.22. The lowest BCUT2D eigenvalue weighted by molar-refractivity contribution is -0.384. The van der Waals surface area contributed by atoms with Crippen LogP contribution in [0, 0.1) is 10.1 Å². The first kappa shape index (κ1) is 20.8. The van der Waals surface area contributed by atoms with Crippen molar-refractivity contribution in [2.75, 3.05) is 5.32 Å². The van der Waals surface area contributed by atoms with E-state index in [9.17, 15) is 14.9 Å². The minimum atomic E-state index is -0.562. The maximum Gasteiger partial charge on any atom is 0.271 e. The molecule has 31 heavy (non-hydrogen) atoms. The molecule has 2 heterocycles. The molecule has 0 saturated carbocycles. The molecular formula is C20H15ClN6O3S. The molecule has 156 valence electrons. The molecule has 0 bridgehead atoms. The first-order chi connectivity index (χ1) is 14.9. The maximum atomic E-state index is 12.7. The molecule has 0 radical (unpaired) electrons. The summed E-state index contributed by atoms with van der Waals surface area (Å²) in [6.07, 6.45) is 3.08. The van der Waals surface area contributed by atoms with Gasteiger partial charge in [-0.25, -0.2) is 14.6 Å². The van der Waals surface area contributed by atoms with Crippen LogP contribution in [-0.4, -0.2) is 35.8 Å². The monoisotopic (exact) mass is 454 g/mol. The molecule has 1 N–H and O–H groups in total. The summed E-state index contributed by atoms with van der Waals surface area (Å²) in [6.45, 7) is 1.71. The van der Waals surface area contributed by atoms with Crippen LogP contribution in [0.3, 0.4) is 0 Å². The second-order valence-electron chi connectivity index (χ2n) is 6.48. The Labute approximate surface area is 185 Å². The zero-order chi connectivity index (χ0) is 22.0. The van der Waals surface area contributed by atoms with Gasteiger partial charge in [-0.1, -0.05) is 41.6 Å². The van der Waals surface area contributed by atoms with E-state index in [2.05, 4.69) is 20.4 Å². The first-order valence-corrected chi connectivity index (χ1v) is 10.4. The molecule has 0 saturated heterocycles. The van der Waals surface area contributed by atoms with E-state index in [1.165, 1.54) is 36.3 Å². The van der Waals surface area contributed by atoms with Crippen molar-refractivity contribution in [3.8, 4) is 5.69 Å². The third-order valence-corrected chi connectivity index (χ3v) is 5.85. The molecule has 0 spiro atoms. The van der Waals surface area contributed by atoms with Crippen molar-refractivity contribution < 1.29 is 9.72 Å². The van der Waals surface area contributed by atoms with Crippen molar-refractivity contribution in [2.24, 2.45) is 0 Å². The Morgan fingerprint density at radius 1 is 1.23 bits per heavy atom. The van der Waals surface area contributed by atoms with Gasteiger partial charge in [0.1, 0.15) is 11.4 Å². The van der Waals surface area contributed by atoms with Gasteiger partial charge in [-0.05, 0) is 25.1 Å². The van der Waals surface area contributed by atoms with Gasteiger partial charge in [-0.15, -0.1) is 0 Å². The summed E-state index contributed by atoms with van der Waals surface area (Å²) in [7, 11) is 0. The SMILES string of the molecule is CC(Sc1ncnc2c1cnn2-c1ccccc1)C(=O)Nc1cc([N+](=O)[O-])ccc1Cl. The number of hydrogen-bond donors (Lipinski definition) is 1. The van der Waals surface area contributed by atoms with E-state index in [-0.39, 0.29) is 22.3 Å². The molecule has 9 nitrogen and oxygen atoms in total. The van der Waals surface area contributed by atoms with Gasteiger partial charge in [-0.3, -0.25) is 14.9 Å². The van der Waals surface area contributed by atoms with Crippen molar-refractivity contribution >= 4 is 51.7 Å². The average Bonchev–Trinajstić information content (AvgIpc) is 3.21. The highest BCUT2D eigenvalue weighted by atomic mass is 35.5. The Hall–Kier alpha value is -3.50. The third kappa shape index (κ3) is 4.35. The number of nitrogens with one attached hydrogen (secondary N) is 1. The number of nitro benzene ring substituents is 1.